The number of aromatic hydroxyl groups is 1. The Labute approximate surface area is 269 Å². The molecule has 0 spiro atoms. The third-order valence-corrected chi connectivity index (χ3v) is 7.80. The standard InChI is InChI=1S/C24H27NO2.C15H22O3/c1-3-5-12-19(4-2)18-27-24(26)22(17-25)23(20-13-8-6-9-14-20)21-15-10-7-11-16-21;1-3-5-8-12(4-2)11-18-15(17)13-9-6-7-10-14(13)16/h6-11,13-16,19H,3-5,12,18H2,1-2H3;6-7,9-10,12,16H,3-5,8,11H2,1-2H3. The molecule has 6 heteroatoms. The minimum atomic E-state index is -0.546. The van der Waals surface area contributed by atoms with Gasteiger partial charge in [0.25, 0.3) is 0 Å². The van der Waals surface area contributed by atoms with Gasteiger partial charge in [-0.2, -0.15) is 5.26 Å². The number of hydrogen-bond donors (Lipinski definition) is 1. The zero-order chi connectivity index (χ0) is 32.9. The van der Waals surface area contributed by atoms with Crippen LogP contribution in [0.15, 0.2) is 90.5 Å². The molecule has 0 aliphatic rings. The molecule has 0 fully saturated rings. The van der Waals surface area contributed by atoms with Crippen LogP contribution in [0.3, 0.4) is 0 Å². The summed E-state index contributed by atoms with van der Waals surface area (Å²) in [7, 11) is 0. The molecular weight excluding hydrogens is 562 g/mol. The summed E-state index contributed by atoms with van der Waals surface area (Å²) in [5.41, 5.74) is 2.57. The molecule has 1 N–H and O–H groups in total. The lowest BCUT2D eigenvalue weighted by molar-refractivity contribution is -0.139. The zero-order valence-corrected chi connectivity index (χ0v) is 27.3. The topological polar surface area (TPSA) is 96.6 Å². The van der Waals surface area contributed by atoms with Crippen molar-refractivity contribution in [3.05, 3.63) is 107 Å². The Kier molecular flexibility index (Phi) is 17.5. The van der Waals surface area contributed by atoms with Crippen molar-refractivity contribution in [3.63, 3.8) is 0 Å². The van der Waals surface area contributed by atoms with Gasteiger partial charge in [0.1, 0.15) is 23.0 Å². The van der Waals surface area contributed by atoms with Crippen molar-refractivity contribution >= 4 is 17.5 Å². The second-order valence-corrected chi connectivity index (χ2v) is 11.1. The lowest BCUT2D eigenvalue weighted by Gasteiger charge is -2.16. The maximum absolute atomic E-state index is 12.8. The average Bonchev–Trinajstić information content (AvgIpc) is 3.08. The number of phenolic OH excluding ortho intramolecular Hbond substituents is 1. The molecule has 0 radical (unpaired) electrons. The molecule has 0 heterocycles. The normalized spacial score (nSPS) is 11.6. The van der Waals surface area contributed by atoms with Crippen LogP contribution in [0.25, 0.3) is 5.57 Å². The van der Waals surface area contributed by atoms with Gasteiger partial charge in [0.2, 0.25) is 0 Å². The quantitative estimate of drug-likeness (QED) is 0.0984. The highest BCUT2D eigenvalue weighted by atomic mass is 16.5. The van der Waals surface area contributed by atoms with Crippen molar-refractivity contribution in [2.24, 2.45) is 11.8 Å². The number of esters is 2. The van der Waals surface area contributed by atoms with Crippen LogP contribution in [0.5, 0.6) is 5.75 Å². The Morgan fingerprint density at radius 3 is 1.62 bits per heavy atom. The minimum absolute atomic E-state index is 0.0240. The Hall–Kier alpha value is -4.37. The Morgan fingerprint density at radius 2 is 1.18 bits per heavy atom. The number of carbonyl (C=O) groups is 2. The third kappa shape index (κ3) is 12.6. The maximum Gasteiger partial charge on any atom is 0.349 e. The summed E-state index contributed by atoms with van der Waals surface area (Å²) in [4.78, 5) is 24.5. The lowest BCUT2D eigenvalue weighted by Crippen LogP contribution is -2.16. The number of para-hydroxylation sites is 1. The number of nitriles is 1. The summed E-state index contributed by atoms with van der Waals surface area (Å²) in [5.74, 6) is -0.257. The molecular formula is C39H49NO5. The first kappa shape index (κ1) is 36.8. The van der Waals surface area contributed by atoms with Crippen LogP contribution in [0, 0.1) is 23.2 Å². The fourth-order valence-electron chi connectivity index (χ4n) is 4.85. The number of hydrogen-bond acceptors (Lipinski definition) is 6. The van der Waals surface area contributed by atoms with E-state index < -0.39 is 11.9 Å². The van der Waals surface area contributed by atoms with E-state index in [0.29, 0.717) is 30.6 Å². The van der Waals surface area contributed by atoms with Crippen molar-refractivity contribution in [1.82, 2.24) is 0 Å². The van der Waals surface area contributed by atoms with Crippen molar-refractivity contribution in [3.8, 4) is 11.8 Å². The van der Waals surface area contributed by atoms with E-state index >= 15 is 0 Å². The van der Waals surface area contributed by atoms with Gasteiger partial charge in [-0.1, -0.05) is 139 Å². The number of phenols is 1. The number of carbonyl (C=O) groups excluding carboxylic acids is 2. The fourth-order valence-corrected chi connectivity index (χ4v) is 4.85. The summed E-state index contributed by atoms with van der Waals surface area (Å²) >= 11 is 0. The van der Waals surface area contributed by atoms with E-state index in [1.54, 1.807) is 18.2 Å². The predicted molar refractivity (Wildman–Crippen MR) is 180 cm³/mol. The van der Waals surface area contributed by atoms with E-state index in [1.807, 2.05) is 60.7 Å². The molecule has 2 atom stereocenters. The Bertz CT molecular complexity index is 1320. The van der Waals surface area contributed by atoms with Crippen molar-refractivity contribution in [2.75, 3.05) is 13.2 Å². The van der Waals surface area contributed by atoms with Crippen LogP contribution in [0.1, 0.15) is 101 Å². The van der Waals surface area contributed by atoms with E-state index in [-0.39, 0.29) is 16.9 Å². The zero-order valence-electron chi connectivity index (χ0n) is 27.3. The van der Waals surface area contributed by atoms with Crippen molar-refractivity contribution < 1.29 is 24.2 Å². The molecule has 2 unspecified atom stereocenters. The number of rotatable bonds is 16. The fraction of sp³-hybridized carbons (Fsp3) is 0.410. The van der Waals surface area contributed by atoms with E-state index in [1.165, 1.54) is 6.07 Å². The van der Waals surface area contributed by atoms with Gasteiger partial charge in [0, 0.05) is 5.57 Å². The van der Waals surface area contributed by atoms with Gasteiger partial charge in [-0.25, -0.2) is 9.59 Å². The molecule has 0 amide bonds. The first-order chi connectivity index (χ1) is 21.9. The predicted octanol–water partition coefficient (Wildman–Crippen LogP) is 9.54. The van der Waals surface area contributed by atoms with Crippen LogP contribution in [-0.2, 0) is 14.3 Å². The molecule has 3 rings (SSSR count). The van der Waals surface area contributed by atoms with Gasteiger partial charge in [-0.3, -0.25) is 0 Å². The van der Waals surface area contributed by atoms with E-state index in [9.17, 15) is 20.0 Å². The third-order valence-electron chi connectivity index (χ3n) is 7.80. The monoisotopic (exact) mass is 611 g/mol. The van der Waals surface area contributed by atoms with E-state index in [2.05, 4.69) is 33.8 Å². The molecule has 3 aromatic carbocycles. The molecule has 0 aliphatic heterocycles. The first-order valence-electron chi connectivity index (χ1n) is 16.3. The van der Waals surface area contributed by atoms with Gasteiger partial charge >= 0.3 is 11.9 Å². The number of nitrogens with zero attached hydrogens (tertiary/aromatic N) is 1. The number of unbranched alkanes of at least 4 members (excludes halogenated alkanes) is 2. The van der Waals surface area contributed by atoms with E-state index in [0.717, 1.165) is 62.5 Å². The highest BCUT2D eigenvalue weighted by molar-refractivity contribution is 6.05. The van der Waals surface area contributed by atoms with Crippen molar-refractivity contribution in [2.45, 2.75) is 79.1 Å². The second kappa shape index (κ2) is 21.4. The van der Waals surface area contributed by atoms with Crippen LogP contribution in [0.2, 0.25) is 0 Å². The molecule has 3 aromatic rings. The van der Waals surface area contributed by atoms with Gasteiger partial charge < -0.3 is 14.6 Å². The summed E-state index contributed by atoms with van der Waals surface area (Å²) in [6.45, 7) is 9.31. The largest absolute Gasteiger partial charge is 0.507 e. The Balaban J connectivity index is 0.000000341. The summed E-state index contributed by atoms with van der Waals surface area (Å²) in [5, 5.41) is 19.3. The molecule has 6 nitrogen and oxygen atoms in total. The number of ether oxygens (including phenoxy) is 2. The number of benzene rings is 3. The molecule has 0 aromatic heterocycles. The van der Waals surface area contributed by atoms with Gasteiger partial charge in [-0.15, -0.1) is 0 Å². The highest BCUT2D eigenvalue weighted by Crippen LogP contribution is 2.28. The summed E-state index contributed by atoms with van der Waals surface area (Å²) in [6.07, 6.45) is 8.65. The lowest BCUT2D eigenvalue weighted by atomic mass is 9.93. The molecule has 0 bridgehead atoms. The molecule has 0 aliphatic carbocycles. The van der Waals surface area contributed by atoms with E-state index in [4.69, 9.17) is 9.47 Å². The molecule has 0 saturated carbocycles. The second-order valence-electron chi connectivity index (χ2n) is 11.1. The summed E-state index contributed by atoms with van der Waals surface area (Å²) in [6, 6.07) is 27.6. The van der Waals surface area contributed by atoms with Crippen LogP contribution < -0.4 is 0 Å². The average molecular weight is 612 g/mol. The summed E-state index contributed by atoms with van der Waals surface area (Å²) < 4.78 is 10.8. The van der Waals surface area contributed by atoms with Crippen molar-refractivity contribution in [1.29, 1.82) is 5.26 Å². The Morgan fingerprint density at radius 1 is 0.711 bits per heavy atom. The minimum Gasteiger partial charge on any atom is -0.507 e. The first-order valence-corrected chi connectivity index (χ1v) is 16.3. The van der Waals surface area contributed by atoms with Gasteiger partial charge in [0.15, 0.2) is 0 Å². The van der Waals surface area contributed by atoms with Crippen LogP contribution >= 0.6 is 0 Å². The molecule has 0 saturated heterocycles. The smallest absolute Gasteiger partial charge is 0.349 e. The van der Waals surface area contributed by atoms with Gasteiger partial charge in [-0.05, 0) is 47.9 Å². The van der Waals surface area contributed by atoms with Crippen LogP contribution in [-0.4, -0.2) is 30.3 Å². The van der Waals surface area contributed by atoms with Crippen LogP contribution in [0.4, 0.5) is 0 Å². The SMILES string of the molecule is CCCCC(CC)COC(=O)C(C#N)=C(c1ccccc1)c1ccccc1.CCCCC(CC)COC(=O)c1ccccc1O. The van der Waals surface area contributed by atoms with Gasteiger partial charge in [0.05, 0.1) is 13.2 Å². The maximum atomic E-state index is 12.8. The highest BCUT2D eigenvalue weighted by Gasteiger charge is 2.21. The molecule has 45 heavy (non-hydrogen) atoms. The molecule has 240 valence electrons.